The number of H-pyrrole nitrogens is 1. The smallest absolute Gasteiger partial charge is 0.289 e. The zero-order chi connectivity index (χ0) is 18.8. The second-order valence-electron chi connectivity index (χ2n) is 6.82. The number of rotatable bonds is 5. The van der Waals surface area contributed by atoms with Crippen molar-refractivity contribution in [3.63, 3.8) is 0 Å². The highest BCUT2D eigenvalue weighted by molar-refractivity contribution is 6.34. The largest absolute Gasteiger partial charge is 0.365 e. The summed E-state index contributed by atoms with van der Waals surface area (Å²) in [5.74, 6) is 0.301. The van der Waals surface area contributed by atoms with E-state index in [1.807, 2.05) is 26.0 Å². The minimum atomic E-state index is -0.0752. The molecule has 0 saturated carbocycles. The van der Waals surface area contributed by atoms with Crippen LogP contribution in [-0.4, -0.2) is 71.0 Å². The number of nitrogens with one attached hydrogen (secondary N) is 1. The van der Waals surface area contributed by atoms with E-state index in [9.17, 15) is 4.79 Å². The number of hydrogen-bond acceptors (Lipinski definition) is 4. The molecule has 3 rings (SSSR count). The molecule has 0 aliphatic carbocycles. The first-order valence-corrected chi connectivity index (χ1v) is 9.83. The van der Waals surface area contributed by atoms with Crippen molar-refractivity contribution in [3.8, 4) is 0 Å². The van der Waals surface area contributed by atoms with Gasteiger partial charge in [0.2, 0.25) is 0 Å². The summed E-state index contributed by atoms with van der Waals surface area (Å²) in [6.45, 7) is 13.7. The minimum absolute atomic E-state index is 0.0752. The molecule has 1 saturated heterocycles. The Balaban J connectivity index is 1.92. The van der Waals surface area contributed by atoms with Gasteiger partial charge in [0.05, 0.1) is 21.7 Å². The van der Waals surface area contributed by atoms with Gasteiger partial charge < -0.3 is 14.8 Å². The summed E-state index contributed by atoms with van der Waals surface area (Å²) in [4.78, 5) is 26.8. The molecule has 1 amide bonds. The van der Waals surface area contributed by atoms with E-state index in [0.29, 0.717) is 30.0 Å². The van der Waals surface area contributed by atoms with E-state index in [-0.39, 0.29) is 5.91 Å². The molecule has 0 radical (unpaired) electrons. The van der Waals surface area contributed by atoms with Gasteiger partial charge in [0, 0.05) is 38.8 Å². The Hall–Kier alpha value is -1.79. The number of amides is 1. The van der Waals surface area contributed by atoms with E-state index in [0.717, 1.165) is 42.9 Å². The van der Waals surface area contributed by atoms with Gasteiger partial charge in [-0.25, -0.2) is 4.98 Å². The first-order chi connectivity index (χ1) is 12.5. The van der Waals surface area contributed by atoms with Crippen LogP contribution >= 0.6 is 11.6 Å². The Morgan fingerprint density at radius 1 is 1.31 bits per heavy atom. The lowest BCUT2D eigenvalue weighted by Crippen LogP contribution is -2.51. The number of benzene rings is 1. The average molecular weight is 378 g/mol. The Labute approximate surface area is 160 Å². The van der Waals surface area contributed by atoms with Crippen LogP contribution in [-0.2, 0) is 0 Å². The Bertz CT molecular complexity index is 786. The molecule has 1 aliphatic rings. The van der Waals surface area contributed by atoms with Crippen LogP contribution in [0.1, 0.15) is 38.3 Å². The molecule has 0 spiro atoms. The fourth-order valence-corrected chi connectivity index (χ4v) is 3.95. The number of carbonyl (C=O) groups excluding carboxylic acids is 1. The Morgan fingerprint density at radius 2 is 2.04 bits per heavy atom. The van der Waals surface area contributed by atoms with Gasteiger partial charge in [-0.3, -0.25) is 9.69 Å². The van der Waals surface area contributed by atoms with E-state index in [2.05, 4.69) is 33.6 Å². The van der Waals surface area contributed by atoms with Crippen molar-refractivity contribution in [2.45, 2.75) is 33.7 Å². The zero-order valence-corrected chi connectivity index (χ0v) is 16.8. The monoisotopic (exact) mass is 377 g/mol. The van der Waals surface area contributed by atoms with Gasteiger partial charge in [-0.2, -0.15) is 0 Å². The van der Waals surface area contributed by atoms with Crippen LogP contribution in [0.15, 0.2) is 12.1 Å². The van der Waals surface area contributed by atoms with E-state index < -0.39 is 0 Å². The summed E-state index contributed by atoms with van der Waals surface area (Å²) in [6.07, 6.45) is 0. The molecule has 0 bridgehead atoms. The number of aromatic nitrogens is 2. The topological polar surface area (TPSA) is 55.5 Å². The maximum atomic E-state index is 12.6. The van der Waals surface area contributed by atoms with Crippen molar-refractivity contribution in [3.05, 3.63) is 23.0 Å². The van der Waals surface area contributed by atoms with Crippen LogP contribution in [0.3, 0.4) is 0 Å². The summed E-state index contributed by atoms with van der Waals surface area (Å²) in [5.41, 5.74) is 2.58. The minimum Gasteiger partial charge on any atom is -0.365 e. The number of aromatic amines is 1. The summed E-state index contributed by atoms with van der Waals surface area (Å²) in [5, 5.41) is 0.694. The summed E-state index contributed by atoms with van der Waals surface area (Å²) < 4.78 is 0. The molecular weight excluding hydrogens is 350 g/mol. The Morgan fingerprint density at radius 3 is 2.65 bits per heavy atom. The standard InChI is InChI=1S/C19H28ClN5O/c1-5-23-8-9-25(13(4)12-23)17-11-16-15(10-14(17)20)21-18(22-16)19(26)24(6-2)7-3/h10-11,13H,5-9,12H2,1-4H3,(H,21,22). The van der Waals surface area contributed by atoms with Crippen molar-refractivity contribution in [1.82, 2.24) is 19.8 Å². The second kappa shape index (κ2) is 7.84. The van der Waals surface area contributed by atoms with Gasteiger partial charge in [-0.1, -0.05) is 18.5 Å². The lowest BCUT2D eigenvalue weighted by Gasteiger charge is -2.41. The van der Waals surface area contributed by atoms with Gasteiger partial charge >= 0.3 is 0 Å². The van der Waals surface area contributed by atoms with E-state index in [4.69, 9.17) is 11.6 Å². The van der Waals surface area contributed by atoms with Crippen LogP contribution in [0, 0.1) is 0 Å². The lowest BCUT2D eigenvalue weighted by molar-refractivity contribution is 0.0762. The maximum Gasteiger partial charge on any atom is 0.289 e. The van der Waals surface area contributed by atoms with E-state index >= 15 is 0 Å². The molecule has 6 nitrogen and oxygen atoms in total. The number of hydrogen-bond donors (Lipinski definition) is 1. The third-order valence-corrected chi connectivity index (χ3v) is 5.57. The molecule has 1 atom stereocenters. The molecule has 2 aromatic rings. The number of imidazole rings is 1. The summed E-state index contributed by atoms with van der Waals surface area (Å²) in [7, 11) is 0. The van der Waals surface area contributed by atoms with E-state index in [1.54, 1.807) is 4.90 Å². The van der Waals surface area contributed by atoms with E-state index in [1.165, 1.54) is 0 Å². The lowest BCUT2D eigenvalue weighted by atomic mass is 10.1. The fourth-order valence-electron chi connectivity index (χ4n) is 3.68. The quantitative estimate of drug-likeness (QED) is 0.869. The van der Waals surface area contributed by atoms with Crippen LogP contribution in [0.5, 0.6) is 0 Å². The van der Waals surface area contributed by atoms with Crippen molar-refractivity contribution < 1.29 is 4.79 Å². The predicted molar refractivity (Wildman–Crippen MR) is 107 cm³/mol. The number of halogens is 1. The zero-order valence-electron chi connectivity index (χ0n) is 16.0. The van der Waals surface area contributed by atoms with Crippen LogP contribution in [0.25, 0.3) is 11.0 Å². The SMILES string of the molecule is CCN1CCN(c2cc3nc(C(=O)N(CC)CC)[nH]c3cc2Cl)C(C)C1. The van der Waals surface area contributed by atoms with Crippen molar-refractivity contribution in [2.75, 3.05) is 44.2 Å². The molecular formula is C19H28ClN5O. The summed E-state index contributed by atoms with van der Waals surface area (Å²) >= 11 is 6.58. The second-order valence-corrected chi connectivity index (χ2v) is 7.23. The molecule has 1 aliphatic heterocycles. The number of carbonyl (C=O) groups is 1. The number of nitrogens with zero attached hydrogens (tertiary/aromatic N) is 4. The number of likely N-dealkylation sites (N-methyl/N-ethyl adjacent to an activating group) is 1. The third kappa shape index (κ3) is 3.53. The van der Waals surface area contributed by atoms with Gasteiger partial charge in [-0.15, -0.1) is 0 Å². The van der Waals surface area contributed by atoms with Crippen molar-refractivity contribution in [1.29, 1.82) is 0 Å². The van der Waals surface area contributed by atoms with Crippen LogP contribution in [0.2, 0.25) is 5.02 Å². The molecule has 7 heteroatoms. The maximum absolute atomic E-state index is 12.6. The average Bonchev–Trinajstić information content (AvgIpc) is 3.04. The number of piperazine rings is 1. The van der Waals surface area contributed by atoms with Gasteiger partial charge in [-0.05, 0) is 39.4 Å². The third-order valence-electron chi connectivity index (χ3n) is 5.27. The first-order valence-electron chi connectivity index (χ1n) is 9.45. The van der Waals surface area contributed by atoms with Crippen LogP contribution in [0.4, 0.5) is 5.69 Å². The van der Waals surface area contributed by atoms with Crippen LogP contribution < -0.4 is 4.90 Å². The predicted octanol–water partition coefficient (Wildman–Crippen LogP) is 3.23. The van der Waals surface area contributed by atoms with Gasteiger partial charge in [0.25, 0.3) is 5.91 Å². The first kappa shape index (κ1) is 19.0. The molecule has 142 valence electrons. The highest BCUT2D eigenvalue weighted by Gasteiger charge is 2.25. The molecule has 1 aromatic heterocycles. The normalized spacial score (nSPS) is 18.5. The summed E-state index contributed by atoms with van der Waals surface area (Å²) in [6, 6.07) is 4.27. The highest BCUT2D eigenvalue weighted by atomic mass is 35.5. The molecule has 1 aromatic carbocycles. The van der Waals surface area contributed by atoms with Crippen molar-refractivity contribution in [2.24, 2.45) is 0 Å². The van der Waals surface area contributed by atoms with Gasteiger partial charge in [0.15, 0.2) is 5.82 Å². The van der Waals surface area contributed by atoms with Crippen molar-refractivity contribution >= 4 is 34.2 Å². The Kier molecular flexibility index (Phi) is 5.73. The fraction of sp³-hybridized carbons (Fsp3) is 0.579. The number of fused-ring (bicyclic) bond motifs is 1. The molecule has 2 heterocycles. The molecule has 26 heavy (non-hydrogen) atoms. The van der Waals surface area contributed by atoms with Gasteiger partial charge in [0.1, 0.15) is 0 Å². The molecule has 1 fully saturated rings. The molecule has 1 unspecified atom stereocenters. The number of anilines is 1. The highest BCUT2D eigenvalue weighted by Crippen LogP contribution is 2.32. The molecule has 1 N–H and O–H groups in total.